The molecule has 0 radical (unpaired) electrons. The van der Waals surface area contributed by atoms with E-state index < -0.39 is 0 Å². The van der Waals surface area contributed by atoms with Crippen LogP contribution in [0.25, 0.3) is 0 Å². The number of piperazine rings is 1. The van der Waals surface area contributed by atoms with E-state index in [0.29, 0.717) is 45.8 Å². The molecule has 2 rings (SSSR count). The second-order valence-electron chi connectivity index (χ2n) is 6.24. The van der Waals surface area contributed by atoms with Gasteiger partial charge in [0.2, 0.25) is 11.8 Å². The molecule has 0 aliphatic carbocycles. The van der Waals surface area contributed by atoms with Crippen molar-refractivity contribution in [3.8, 4) is 0 Å². The van der Waals surface area contributed by atoms with E-state index >= 15 is 0 Å². The second-order valence-corrected chi connectivity index (χ2v) is 6.24. The van der Waals surface area contributed by atoms with E-state index in [1.54, 1.807) is 21.6 Å². The van der Waals surface area contributed by atoms with Crippen molar-refractivity contribution >= 4 is 17.9 Å². The van der Waals surface area contributed by atoms with Crippen LogP contribution in [0.15, 0.2) is 30.3 Å². The zero-order chi connectivity index (χ0) is 18.9. The topological polar surface area (TPSA) is 70.2 Å². The Hall–Kier alpha value is -2.57. The smallest absolute Gasteiger partial charge is 0.409 e. The molecule has 1 fully saturated rings. The summed E-state index contributed by atoms with van der Waals surface area (Å²) in [6.45, 7) is 6.00. The van der Waals surface area contributed by atoms with Gasteiger partial charge in [-0.15, -0.1) is 0 Å². The van der Waals surface area contributed by atoms with Crippen LogP contribution in [0.2, 0.25) is 0 Å². The van der Waals surface area contributed by atoms with Crippen LogP contribution in [0.1, 0.15) is 19.4 Å². The zero-order valence-electron chi connectivity index (χ0n) is 15.5. The van der Waals surface area contributed by atoms with Gasteiger partial charge in [-0.25, -0.2) is 4.79 Å². The van der Waals surface area contributed by atoms with Crippen LogP contribution >= 0.6 is 0 Å². The van der Waals surface area contributed by atoms with E-state index in [-0.39, 0.29) is 24.5 Å². The highest BCUT2D eigenvalue weighted by Gasteiger charge is 2.26. The minimum absolute atomic E-state index is 0.0710. The van der Waals surface area contributed by atoms with E-state index in [0.717, 1.165) is 5.56 Å². The van der Waals surface area contributed by atoms with Crippen LogP contribution in [-0.2, 0) is 20.7 Å². The summed E-state index contributed by atoms with van der Waals surface area (Å²) >= 11 is 0. The Morgan fingerprint density at radius 2 is 1.65 bits per heavy atom. The third-order valence-electron chi connectivity index (χ3n) is 4.44. The highest BCUT2D eigenvalue weighted by Crippen LogP contribution is 2.07. The number of carbonyl (C=O) groups excluding carboxylic acids is 3. The van der Waals surface area contributed by atoms with Crippen molar-refractivity contribution in [1.82, 2.24) is 14.7 Å². The minimum atomic E-state index is -0.340. The molecule has 0 atom stereocenters. The molecule has 7 nitrogen and oxygen atoms in total. The Kier molecular flexibility index (Phi) is 7.44. The van der Waals surface area contributed by atoms with Gasteiger partial charge in [0.1, 0.15) is 0 Å². The molecule has 1 aliphatic rings. The van der Waals surface area contributed by atoms with E-state index in [4.69, 9.17) is 4.74 Å². The Morgan fingerprint density at radius 3 is 2.23 bits per heavy atom. The maximum Gasteiger partial charge on any atom is 0.409 e. The number of carbonyl (C=O) groups is 3. The fourth-order valence-corrected chi connectivity index (χ4v) is 2.87. The average Bonchev–Trinajstić information content (AvgIpc) is 2.65. The van der Waals surface area contributed by atoms with Gasteiger partial charge in [0.05, 0.1) is 13.2 Å². The Morgan fingerprint density at radius 1 is 1.04 bits per heavy atom. The highest BCUT2D eigenvalue weighted by molar-refractivity contribution is 5.84. The molecule has 1 saturated heterocycles. The van der Waals surface area contributed by atoms with Crippen LogP contribution in [0.4, 0.5) is 4.79 Å². The van der Waals surface area contributed by atoms with Crippen LogP contribution in [0, 0.1) is 0 Å². The van der Waals surface area contributed by atoms with Crippen LogP contribution in [0.5, 0.6) is 0 Å². The summed E-state index contributed by atoms with van der Waals surface area (Å²) in [5, 5.41) is 0. The number of ether oxygens (including phenoxy) is 1. The molecule has 26 heavy (non-hydrogen) atoms. The first kappa shape index (κ1) is 19.8. The molecule has 0 unspecified atom stereocenters. The normalized spacial score (nSPS) is 14.1. The predicted molar refractivity (Wildman–Crippen MR) is 97.6 cm³/mol. The summed E-state index contributed by atoms with van der Waals surface area (Å²) < 4.78 is 4.98. The van der Waals surface area contributed by atoms with Crippen molar-refractivity contribution in [3.05, 3.63) is 35.9 Å². The Balaban J connectivity index is 1.82. The summed E-state index contributed by atoms with van der Waals surface area (Å²) in [5.41, 5.74) is 1.13. The number of benzene rings is 1. The first-order valence-corrected chi connectivity index (χ1v) is 9.00. The van der Waals surface area contributed by atoms with Gasteiger partial charge in [-0.3, -0.25) is 9.59 Å². The molecule has 0 aromatic heterocycles. The maximum absolute atomic E-state index is 12.5. The monoisotopic (exact) mass is 361 g/mol. The van der Waals surface area contributed by atoms with Crippen molar-refractivity contribution in [3.63, 3.8) is 0 Å². The molecule has 1 aromatic carbocycles. The van der Waals surface area contributed by atoms with Crippen molar-refractivity contribution in [2.24, 2.45) is 0 Å². The molecule has 0 N–H and O–H groups in total. The van der Waals surface area contributed by atoms with Gasteiger partial charge < -0.3 is 19.4 Å². The molecule has 1 aromatic rings. The predicted octanol–water partition coefficient (Wildman–Crippen LogP) is 1.38. The van der Waals surface area contributed by atoms with E-state index in [2.05, 4.69) is 0 Å². The van der Waals surface area contributed by atoms with E-state index in [9.17, 15) is 14.4 Å². The molecular weight excluding hydrogens is 334 g/mol. The summed E-state index contributed by atoms with van der Waals surface area (Å²) in [6.07, 6.45) is 0.373. The van der Waals surface area contributed by atoms with Gasteiger partial charge in [-0.05, 0) is 18.9 Å². The first-order chi connectivity index (χ1) is 12.5. The van der Waals surface area contributed by atoms with Gasteiger partial charge in [-0.2, -0.15) is 0 Å². The number of nitrogens with zero attached hydrogens (tertiary/aromatic N) is 3. The fourth-order valence-electron chi connectivity index (χ4n) is 2.87. The van der Waals surface area contributed by atoms with Gasteiger partial charge in [0.25, 0.3) is 0 Å². The lowest BCUT2D eigenvalue weighted by Gasteiger charge is -2.35. The SMILES string of the molecule is CCOC(=O)N1CCN(C(=O)CN(CCc2ccccc2)C(C)=O)CC1. The van der Waals surface area contributed by atoms with Gasteiger partial charge in [0.15, 0.2) is 0 Å². The Labute approximate surface area is 154 Å². The number of hydrogen-bond donors (Lipinski definition) is 0. The lowest BCUT2D eigenvalue weighted by molar-refractivity contribution is -0.140. The molecule has 3 amide bonds. The Bertz CT molecular complexity index is 612. The minimum Gasteiger partial charge on any atom is -0.450 e. The van der Waals surface area contributed by atoms with Crippen LogP contribution in [-0.4, -0.2) is 78.5 Å². The van der Waals surface area contributed by atoms with Crippen molar-refractivity contribution in [2.75, 3.05) is 45.9 Å². The third-order valence-corrected chi connectivity index (χ3v) is 4.44. The molecule has 0 bridgehead atoms. The van der Waals surface area contributed by atoms with Crippen LogP contribution < -0.4 is 0 Å². The van der Waals surface area contributed by atoms with E-state index in [1.807, 2.05) is 30.3 Å². The number of rotatable bonds is 6. The quantitative estimate of drug-likeness (QED) is 0.768. The van der Waals surface area contributed by atoms with Gasteiger partial charge >= 0.3 is 6.09 Å². The summed E-state index contributed by atoms with van der Waals surface area (Å²) in [7, 11) is 0. The number of amides is 3. The number of hydrogen-bond acceptors (Lipinski definition) is 4. The molecule has 1 heterocycles. The van der Waals surface area contributed by atoms with Crippen LogP contribution in [0.3, 0.4) is 0 Å². The first-order valence-electron chi connectivity index (χ1n) is 9.00. The summed E-state index contributed by atoms with van der Waals surface area (Å²) in [4.78, 5) is 41.0. The van der Waals surface area contributed by atoms with Crippen molar-refractivity contribution < 1.29 is 19.1 Å². The molecule has 7 heteroatoms. The molecule has 1 aliphatic heterocycles. The van der Waals surface area contributed by atoms with Crippen molar-refractivity contribution in [1.29, 1.82) is 0 Å². The van der Waals surface area contributed by atoms with Gasteiger partial charge in [0, 0.05) is 39.6 Å². The van der Waals surface area contributed by atoms with Gasteiger partial charge in [-0.1, -0.05) is 30.3 Å². The molecule has 142 valence electrons. The molecule has 0 spiro atoms. The summed E-state index contributed by atoms with van der Waals surface area (Å²) in [6, 6.07) is 9.89. The molecular formula is C19H27N3O4. The standard InChI is InChI=1S/C19H27N3O4/c1-3-26-19(25)21-13-11-20(12-14-21)18(24)15-22(16(2)23)10-9-17-7-5-4-6-8-17/h4-8H,3,9-15H2,1-2H3. The average molecular weight is 361 g/mol. The van der Waals surface area contributed by atoms with Crippen molar-refractivity contribution in [2.45, 2.75) is 20.3 Å². The van der Waals surface area contributed by atoms with E-state index in [1.165, 1.54) is 6.92 Å². The largest absolute Gasteiger partial charge is 0.450 e. The second kappa shape index (κ2) is 9.79. The maximum atomic E-state index is 12.5. The summed E-state index contributed by atoms with van der Waals surface area (Å²) in [5.74, 6) is -0.198. The zero-order valence-corrected chi connectivity index (χ0v) is 15.5. The lowest BCUT2D eigenvalue weighted by atomic mass is 10.1. The lowest BCUT2D eigenvalue weighted by Crippen LogP contribution is -2.53. The third kappa shape index (κ3) is 5.75. The fraction of sp³-hybridized carbons (Fsp3) is 0.526. The highest BCUT2D eigenvalue weighted by atomic mass is 16.6. The molecule has 0 saturated carbocycles.